The summed E-state index contributed by atoms with van der Waals surface area (Å²) in [5, 5.41) is 6.42. The van der Waals surface area contributed by atoms with Crippen LogP contribution in [0.4, 0.5) is 13.2 Å². The zero-order chi connectivity index (χ0) is 21.3. The van der Waals surface area contributed by atoms with Crippen LogP contribution in [0.2, 0.25) is 0 Å². The molecule has 0 aliphatic heterocycles. The molecule has 0 radical (unpaired) electrons. The predicted molar refractivity (Wildman–Crippen MR) is 107 cm³/mol. The monoisotopic (exact) mass is 422 g/mol. The molecule has 0 saturated heterocycles. The van der Waals surface area contributed by atoms with Crippen LogP contribution < -0.4 is 10.6 Å². The largest absolute Gasteiger partial charge is 0.401 e. The Balaban J connectivity index is 1.60. The van der Waals surface area contributed by atoms with E-state index in [4.69, 9.17) is 4.98 Å². The minimum atomic E-state index is -4.19. The molecule has 162 valence electrons. The minimum absolute atomic E-state index is 0.0939. The molecular weight excluding hydrogens is 397 g/mol. The van der Waals surface area contributed by atoms with Gasteiger partial charge in [0, 0.05) is 43.6 Å². The van der Waals surface area contributed by atoms with Crippen molar-refractivity contribution in [2.45, 2.75) is 57.3 Å². The van der Waals surface area contributed by atoms with Gasteiger partial charge in [-0.05, 0) is 31.7 Å². The Morgan fingerprint density at radius 2 is 2.07 bits per heavy atom. The highest BCUT2D eigenvalue weighted by Crippen LogP contribution is 2.35. The molecule has 0 unspecified atom stereocenters. The molecule has 1 saturated carbocycles. The number of carbonyl (C=O) groups excluding carboxylic acids is 1. The van der Waals surface area contributed by atoms with Crippen molar-refractivity contribution in [3.05, 3.63) is 24.3 Å². The van der Waals surface area contributed by atoms with Crippen LogP contribution in [0.3, 0.4) is 0 Å². The topological polar surface area (TPSA) is 87.6 Å². The Kier molecular flexibility index (Phi) is 5.68. The zero-order valence-corrected chi connectivity index (χ0v) is 16.7. The van der Waals surface area contributed by atoms with Crippen molar-refractivity contribution in [1.29, 1.82) is 0 Å². The fraction of sp³-hybridized carbons (Fsp3) is 0.550. The Bertz CT molecular complexity index is 1030. The van der Waals surface area contributed by atoms with Crippen molar-refractivity contribution in [2.24, 2.45) is 0 Å². The minimum Gasteiger partial charge on any atom is -0.356 e. The molecule has 4 rings (SSSR count). The number of carbonyl (C=O) groups is 1. The number of H-pyrrole nitrogens is 1. The molecule has 1 amide bonds. The first-order valence-electron chi connectivity index (χ1n) is 10.2. The van der Waals surface area contributed by atoms with Crippen molar-refractivity contribution >= 4 is 28.0 Å². The Morgan fingerprint density at radius 1 is 1.30 bits per heavy atom. The van der Waals surface area contributed by atoms with Gasteiger partial charge in [-0.3, -0.25) is 4.79 Å². The van der Waals surface area contributed by atoms with Crippen LogP contribution in [0.5, 0.6) is 0 Å². The Morgan fingerprint density at radius 3 is 2.77 bits per heavy atom. The molecule has 1 aliphatic carbocycles. The number of aromatic nitrogens is 4. The van der Waals surface area contributed by atoms with Gasteiger partial charge in [-0.1, -0.05) is 0 Å². The molecule has 7 nitrogen and oxygen atoms in total. The number of nitrogens with zero attached hydrogens (tertiary/aromatic N) is 3. The van der Waals surface area contributed by atoms with Crippen molar-refractivity contribution in [3.63, 3.8) is 0 Å². The first-order chi connectivity index (χ1) is 14.3. The van der Waals surface area contributed by atoms with E-state index in [-0.39, 0.29) is 18.0 Å². The lowest BCUT2D eigenvalue weighted by Crippen LogP contribution is -2.39. The van der Waals surface area contributed by atoms with Crippen molar-refractivity contribution in [1.82, 2.24) is 30.2 Å². The molecule has 1 aliphatic rings. The molecule has 3 heterocycles. The van der Waals surface area contributed by atoms with Gasteiger partial charge in [0.2, 0.25) is 5.91 Å². The molecule has 30 heavy (non-hydrogen) atoms. The smallest absolute Gasteiger partial charge is 0.356 e. The molecule has 3 N–H and O–H groups in total. The number of aromatic amines is 1. The highest BCUT2D eigenvalue weighted by Gasteiger charge is 2.31. The van der Waals surface area contributed by atoms with E-state index in [0.717, 1.165) is 40.7 Å². The second kappa shape index (κ2) is 8.25. The second-order valence-electron chi connectivity index (χ2n) is 7.86. The van der Waals surface area contributed by atoms with Gasteiger partial charge in [0.15, 0.2) is 0 Å². The fourth-order valence-electron chi connectivity index (χ4n) is 4.36. The molecule has 10 heteroatoms. The number of pyridine rings is 1. The summed E-state index contributed by atoms with van der Waals surface area (Å²) < 4.78 is 39.8. The highest BCUT2D eigenvalue weighted by atomic mass is 19.4. The summed E-state index contributed by atoms with van der Waals surface area (Å²) in [5.74, 6) is 0.768. The first kappa shape index (κ1) is 20.6. The van der Waals surface area contributed by atoms with Gasteiger partial charge in [-0.2, -0.15) is 13.2 Å². The number of imidazole rings is 1. The van der Waals surface area contributed by atoms with Gasteiger partial charge in [-0.15, -0.1) is 0 Å². The van der Waals surface area contributed by atoms with Crippen LogP contribution >= 0.6 is 0 Å². The van der Waals surface area contributed by atoms with Crippen molar-refractivity contribution in [2.75, 3.05) is 13.1 Å². The van der Waals surface area contributed by atoms with Gasteiger partial charge in [0.05, 0.1) is 18.3 Å². The maximum absolute atomic E-state index is 12.5. The van der Waals surface area contributed by atoms with Gasteiger partial charge >= 0.3 is 6.18 Å². The number of fused-ring (bicyclic) bond motifs is 3. The summed E-state index contributed by atoms with van der Waals surface area (Å²) in [7, 11) is 0. The summed E-state index contributed by atoms with van der Waals surface area (Å²) in [4.78, 5) is 23.6. The van der Waals surface area contributed by atoms with E-state index < -0.39 is 12.7 Å². The molecule has 0 spiro atoms. The van der Waals surface area contributed by atoms with Crippen molar-refractivity contribution in [3.8, 4) is 0 Å². The predicted octanol–water partition coefficient (Wildman–Crippen LogP) is 3.23. The summed E-state index contributed by atoms with van der Waals surface area (Å²) in [6.45, 7) is 1.00. The molecule has 0 atom stereocenters. The molecule has 0 bridgehead atoms. The van der Waals surface area contributed by atoms with Crippen LogP contribution in [0.15, 0.2) is 18.5 Å². The van der Waals surface area contributed by atoms with E-state index in [1.165, 1.54) is 6.92 Å². The third kappa shape index (κ3) is 4.43. The van der Waals surface area contributed by atoms with E-state index in [2.05, 4.69) is 25.2 Å². The number of nitrogens with one attached hydrogen (secondary N) is 3. The number of rotatable bonds is 6. The van der Waals surface area contributed by atoms with Crippen molar-refractivity contribution < 1.29 is 18.0 Å². The van der Waals surface area contributed by atoms with Gasteiger partial charge in [0.25, 0.3) is 0 Å². The lowest BCUT2D eigenvalue weighted by atomic mass is 9.90. The summed E-state index contributed by atoms with van der Waals surface area (Å²) >= 11 is 0. The fourth-order valence-corrected chi connectivity index (χ4v) is 4.36. The quantitative estimate of drug-likeness (QED) is 0.569. The number of hydrogen-bond acceptors (Lipinski definition) is 4. The number of amides is 1. The van der Waals surface area contributed by atoms with E-state index in [1.807, 2.05) is 12.3 Å². The maximum atomic E-state index is 12.5. The average molecular weight is 422 g/mol. The number of halogens is 3. The molecule has 3 aromatic heterocycles. The summed E-state index contributed by atoms with van der Waals surface area (Å²) in [6.07, 6.45) is 2.84. The maximum Gasteiger partial charge on any atom is 0.401 e. The van der Waals surface area contributed by atoms with Gasteiger partial charge in [-0.25, -0.2) is 9.97 Å². The van der Waals surface area contributed by atoms with Crippen LogP contribution in [-0.2, 0) is 11.2 Å². The molecule has 0 aromatic carbocycles. The average Bonchev–Trinajstić information content (AvgIpc) is 3.29. The second-order valence-corrected chi connectivity index (χ2v) is 7.86. The van der Waals surface area contributed by atoms with E-state index in [0.29, 0.717) is 25.8 Å². The lowest BCUT2D eigenvalue weighted by Gasteiger charge is -2.31. The number of alkyl halides is 3. The molecule has 3 aromatic rings. The highest BCUT2D eigenvalue weighted by molar-refractivity contribution is 6.01. The van der Waals surface area contributed by atoms with E-state index in [9.17, 15) is 18.0 Å². The third-order valence-electron chi connectivity index (χ3n) is 5.68. The lowest BCUT2D eigenvalue weighted by molar-refractivity contribution is -0.126. The van der Waals surface area contributed by atoms with Crippen LogP contribution in [0.1, 0.15) is 44.5 Å². The molecule has 1 fully saturated rings. The van der Waals surface area contributed by atoms with Gasteiger partial charge < -0.3 is 20.2 Å². The third-order valence-corrected chi connectivity index (χ3v) is 5.68. The Hall–Kier alpha value is -2.62. The number of hydrogen-bond donors (Lipinski definition) is 3. The van der Waals surface area contributed by atoms with Crippen LogP contribution in [-0.4, -0.2) is 50.7 Å². The standard InChI is InChI=1S/C20H25F3N6O/c1-12(30)24-9-7-17-28-16-10-26-19-15(6-8-25-19)18(16)29(17)14-4-2-13(3-5-14)27-11-20(21,22)23/h6,8,10,13-14,27H,2-5,7,9,11H2,1H3,(H,24,30)(H,25,26). The Labute approximate surface area is 171 Å². The SMILES string of the molecule is CC(=O)NCCc1nc2cnc3[nH]ccc3c2n1C1CCC(NCC(F)(F)F)CC1. The zero-order valence-electron chi connectivity index (χ0n) is 16.7. The van der Waals surface area contributed by atoms with E-state index >= 15 is 0 Å². The van der Waals surface area contributed by atoms with Crippen LogP contribution in [0.25, 0.3) is 22.1 Å². The van der Waals surface area contributed by atoms with Crippen LogP contribution in [0, 0.1) is 0 Å². The normalized spacial score (nSPS) is 20.1. The van der Waals surface area contributed by atoms with Gasteiger partial charge in [0.1, 0.15) is 17.0 Å². The summed E-state index contributed by atoms with van der Waals surface area (Å²) in [6, 6.07) is 1.98. The first-order valence-corrected chi connectivity index (χ1v) is 10.2. The summed E-state index contributed by atoms with van der Waals surface area (Å²) in [5.41, 5.74) is 2.56. The molecular formula is C20H25F3N6O. The van der Waals surface area contributed by atoms with E-state index in [1.54, 1.807) is 6.20 Å².